The van der Waals surface area contributed by atoms with Crippen LogP contribution in [0.5, 0.6) is 23.0 Å². The first-order chi connectivity index (χ1) is 12.5. The Bertz CT molecular complexity index is 684. The zero-order valence-electron chi connectivity index (χ0n) is 15.5. The minimum Gasteiger partial charge on any atom is -0.497 e. The van der Waals surface area contributed by atoms with E-state index in [0.717, 1.165) is 17.2 Å². The maximum atomic E-state index is 12.2. The van der Waals surface area contributed by atoms with Crippen LogP contribution >= 0.6 is 0 Å². The fourth-order valence-electron chi connectivity index (χ4n) is 2.21. The summed E-state index contributed by atoms with van der Waals surface area (Å²) in [7, 11) is 3.21. The Morgan fingerprint density at radius 3 is 1.81 bits per heavy atom. The van der Waals surface area contributed by atoms with Crippen LogP contribution in [0.2, 0.25) is 0 Å². The van der Waals surface area contributed by atoms with Crippen molar-refractivity contribution in [2.24, 2.45) is 0 Å². The molecule has 0 fully saturated rings. The predicted molar refractivity (Wildman–Crippen MR) is 99.2 cm³/mol. The summed E-state index contributed by atoms with van der Waals surface area (Å²) < 4.78 is 21.5. The summed E-state index contributed by atoms with van der Waals surface area (Å²) in [5, 5.41) is 2.88. The van der Waals surface area contributed by atoms with Crippen LogP contribution in [0.3, 0.4) is 0 Å². The zero-order valence-corrected chi connectivity index (χ0v) is 15.5. The van der Waals surface area contributed by atoms with Gasteiger partial charge in [-0.25, -0.2) is 0 Å². The molecule has 0 aliphatic heterocycles. The Kier molecular flexibility index (Phi) is 7.14. The minimum absolute atomic E-state index is 0.161. The van der Waals surface area contributed by atoms with Crippen LogP contribution in [-0.4, -0.2) is 38.9 Å². The second-order valence-corrected chi connectivity index (χ2v) is 5.83. The van der Waals surface area contributed by atoms with Gasteiger partial charge >= 0.3 is 0 Å². The van der Waals surface area contributed by atoms with Gasteiger partial charge in [0.05, 0.1) is 20.3 Å². The van der Waals surface area contributed by atoms with Crippen molar-refractivity contribution in [1.82, 2.24) is 5.32 Å². The number of methoxy groups -OCH3 is 2. The second-order valence-electron chi connectivity index (χ2n) is 5.83. The van der Waals surface area contributed by atoms with Gasteiger partial charge in [0.1, 0.15) is 29.6 Å². The first kappa shape index (κ1) is 19.4. The van der Waals surface area contributed by atoms with Gasteiger partial charge in [-0.05, 0) is 62.4 Å². The molecule has 1 N–H and O–H groups in total. The van der Waals surface area contributed by atoms with Crippen molar-refractivity contribution >= 4 is 5.91 Å². The van der Waals surface area contributed by atoms with E-state index in [4.69, 9.17) is 18.9 Å². The lowest BCUT2D eigenvalue weighted by atomic mass is 10.3. The quantitative estimate of drug-likeness (QED) is 0.745. The fourth-order valence-corrected chi connectivity index (χ4v) is 2.21. The highest BCUT2D eigenvalue weighted by Crippen LogP contribution is 2.19. The Balaban J connectivity index is 1.77. The van der Waals surface area contributed by atoms with Crippen molar-refractivity contribution in [2.75, 3.05) is 20.8 Å². The number of amides is 1. The van der Waals surface area contributed by atoms with E-state index in [-0.39, 0.29) is 11.9 Å². The van der Waals surface area contributed by atoms with E-state index in [1.807, 2.05) is 31.2 Å². The van der Waals surface area contributed by atoms with Gasteiger partial charge in [-0.15, -0.1) is 0 Å². The van der Waals surface area contributed by atoms with Gasteiger partial charge < -0.3 is 24.3 Å². The summed E-state index contributed by atoms with van der Waals surface area (Å²) in [6.45, 7) is 3.94. The van der Waals surface area contributed by atoms with Crippen LogP contribution in [0.1, 0.15) is 13.8 Å². The van der Waals surface area contributed by atoms with Crippen LogP contribution < -0.4 is 24.3 Å². The predicted octanol–water partition coefficient (Wildman–Crippen LogP) is 3.05. The van der Waals surface area contributed by atoms with E-state index in [1.54, 1.807) is 45.4 Å². The van der Waals surface area contributed by atoms with Gasteiger partial charge in [-0.2, -0.15) is 0 Å². The van der Waals surface area contributed by atoms with Crippen molar-refractivity contribution in [3.8, 4) is 23.0 Å². The number of benzene rings is 2. The molecule has 1 amide bonds. The van der Waals surface area contributed by atoms with Crippen LogP contribution in [-0.2, 0) is 4.79 Å². The summed E-state index contributed by atoms with van der Waals surface area (Å²) in [6, 6.07) is 14.2. The standard InChI is InChI=1S/C20H25NO5/c1-14(13-25-18-9-5-16(23-3)6-10-18)21-20(22)15(2)26-19-11-7-17(24-4)8-12-19/h5-12,14-15H,13H2,1-4H3,(H,21,22). The number of carbonyl (C=O) groups excluding carboxylic acids is 1. The van der Waals surface area contributed by atoms with Gasteiger partial charge in [0.15, 0.2) is 6.10 Å². The highest BCUT2D eigenvalue weighted by molar-refractivity contribution is 5.81. The molecule has 0 bridgehead atoms. The third-order valence-electron chi connectivity index (χ3n) is 3.69. The van der Waals surface area contributed by atoms with Gasteiger partial charge in [0.25, 0.3) is 5.91 Å². The van der Waals surface area contributed by atoms with Crippen molar-refractivity contribution in [2.45, 2.75) is 26.0 Å². The van der Waals surface area contributed by atoms with E-state index < -0.39 is 6.10 Å². The molecule has 6 nitrogen and oxygen atoms in total. The summed E-state index contributed by atoms with van der Waals surface area (Å²) in [4.78, 5) is 12.2. The number of carbonyl (C=O) groups is 1. The lowest BCUT2D eigenvalue weighted by molar-refractivity contribution is -0.128. The molecular formula is C20H25NO5. The highest BCUT2D eigenvalue weighted by atomic mass is 16.5. The average molecular weight is 359 g/mol. The Morgan fingerprint density at radius 1 is 0.846 bits per heavy atom. The van der Waals surface area contributed by atoms with Gasteiger partial charge in [-0.1, -0.05) is 0 Å². The maximum absolute atomic E-state index is 12.2. The zero-order chi connectivity index (χ0) is 18.9. The van der Waals surface area contributed by atoms with Crippen molar-refractivity contribution in [3.63, 3.8) is 0 Å². The molecule has 0 aliphatic carbocycles. The fraction of sp³-hybridized carbons (Fsp3) is 0.350. The molecule has 2 aromatic carbocycles. The summed E-state index contributed by atoms with van der Waals surface area (Å²) in [6.07, 6.45) is -0.619. The van der Waals surface area contributed by atoms with E-state index in [1.165, 1.54) is 0 Å². The van der Waals surface area contributed by atoms with Crippen LogP contribution in [0.4, 0.5) is 0 Å². The van der Waals surface area contributed by atoms with E-state index >= 15 is 0 Å². The largest absolute Gasteiger partial charge is 0.497 e. The minimum atomic E-state index is -0.619. The first-order valence-corrected chi connectivity index (χ1v) is 8.39. The monoisotopic (exact) mass is 359 g/mol. The maximum Gasteiger partial charge on any atom is 0.261 e. The molecule has 0 saturated heterocycles. The van der Waals surface area contributed by atoms with Crippen LogP contribution in [0, 0.1) is 0 Å². The average Bonchev–Trinajstić information content (AvgIpc) is 2.67. The van der Waals surface area contributed by atoms with Crippen molar-refractivity contribution in [1.29, 1.82) is 0 Å². The molecule has 2 aromatic rings. The van der Waals surface area contributed by atoms with Crippen LogP contribution in [0.25, 0.3) is 0 Å². The van der Waals surface area contributed by atoms with E-state index in [0.29, 0.717) is 12.4 Å². The topological polar surface area (TPSA) is 66.0 Å². The SMILES string of the molecule is COc1ccc(OCC(C)NC(=O)C(C)Oc2ccc(OC)cc2)cc1. The number of rotatable bonds is 9. The summed E-state index contributed by atoms with van der Waals surface area (Å²) >= 11 is 0. The van der Waals surface area contributed by atoms with Crippen LogP contribution in [0.15, 0.2) is 48.5 Å². The Morgan fingerprint density at radius 2 is 1.31 bits per heavy atom. The van der Waals surface area contributed by atoms with Crippen molar-refractivity contribution in [3.05, 3.63) is 48.5 Å². The normalized spacial score (nSPS) is 12.6. The molecule has 2 unspecified atom stereocenters. The molecule has 6 heteroatoms. The molecule has 2 rings (SSSR count). The number of hydrogen-bond acceptors (Lipinski definition) is 5. The molecule has 0 radical (unpaired) electrons. The summed E-state index contributed by atoms with van der Waals surface area (Å²) in [5.41, 5.74) is 0. The first-order valence-electron chi connectivity index (χ1n) is 8.39. The molecule has 26 heavy (non-hydrogen) atoms. The number of nitrogens with one attached hydrogen (secondary N) is 1. The number of ether oxygens (including phenoxy) is 4. The Hall–Kier alpha value is -2.89. The third kappa shape index (κ3) is 5.88. The van der Waals surface area contributed by atoms with Gasteiger partial charge in [0, 0.05) is 0 Å². The van der Waals surface area contributed by atoms with Gasteiger partial charge in [0.2, 0.25) is 0 Å². The van der Waals surface area contributed by atoms with E-state index in [2.05, 4.69) is 5.32 Å². The molecule has 2 atom stereocenters. The molecule has 0 saturated carbocycles. The molecule has 0 heterocycles. The van der Waals surface area contributed by atoms with E-state index in [9.17, 15) is 4.79 Å². The second kappa shape index (κ2) is 9.56. The molecule has 0 aliphatic rings. The Labute approximate surface area is 154 Å². The lowest BCUT2D eigenvalue weighted by Crippen LogP contribution is -2.43. The smallest absolute Gasteiger partial charge is 0.261 e. The van der Waals surface area contributed by atoms with Crippen molar-refractivity contribution < 1.29 is 23.7 Å². The molecule has 0 spiro atoms. The molecule has 140 valence electrons. The summed E-state index contributed by atoms with van der Waals surface area (Å²) in [5.74, 6) is 2.62. The highest BCUT2D eigenvalue weighted by Gasteiger charge is 2.17. The molecule has 0 aromatic heterocycles. The third-order valence-corrected chi connectivity index (χ3v) is 3.69. The molecular weight excluding hydrogens is 334 g/mol. The number of hydrogen-bond donors (Lipinski definition) is 1. The lowest BCUT2D eigenvalue weighted by Gasteiger charge is -2.19. The van der Waals surface area contributed by atoms with Gasteiger partial charge in [-0.3, -0.25) is 4.79 Å².